The van der Waals surface area contributed by atoms with Gasteiger partial charge in [-0.05, 0) is 90.7 Å². The molecule has 0 unspecified atom stereocenters. The van der Waals surface area contributed by atoms with Crippen LogP contribution in [0.2, 0.25) is 0 Å². The average Bonchev–Trinajstić information content (AvgIpc) is 3.51. The van der Waals surface area contributed by atoms with Crippen molar-refractivity contribution in [1.82, 2.24) is 0 Å². The predicted octanol–water partition coefficient (Wildman–Crippen LogP) is 11.3. The zero-order valence-electron chi connectivity index (χ0n) is 25.5. The van der Waals surface area contributed by atoms with Gasteiger partial charge in [0.2, 0.25) is 0 Å². The number of rotatable bonds is 4. The van der Waals surface area contributed by atoms with E-state index in [9.17, 15) is 0 Å². The van der Waals surface area contributed by atoms with Crippen LogP contribution in [0.15, 0.2) is 158 Å². The van der Waals surface area contributed by atoms with Crippen molar-refractivity contribution in [3.63, 3.8) is 0 Å². The first-order chi connectivity index (χ1) is 22.1. The molecule has 0 aliphatic heterocycles. The zero-order chi connectivity index (χ0) is 30.2. The number of fused-ring (bicyclic) bond motifs is 8. The summed E-state index contributed by atoms with van der Waals surface area (Å²) in [5.41, 5.74) is 15.0. The van der Waals surface area contributed by atoms with Crippen LogP contribution < -0.4 is 5.32 Å². The molecule has 0 heterocycles. The van der Waals surface area contributed by atoms with Gasteiger partial charge in [0.15, 0.2) is 0 Å². The maximum Gasteiger partial charge on any atom is 0.0714 e. The van der Waals surface area contributed by atoms with E-state index in [2.05, 4.69) is 177 Å². The van der Waals surface area contributed by atoms with Gasteiger partial charge in [-0.3, -0.25) is 0 Å². The van der Waals surface area contributed by atoms with Crippen molar-refractivity contribution in [3.05, 3.63) is 191 Å². The van der Waals surface area contributed by atoms with E-state index in [1.807, 2.05) is 0 Å². The van der Waals surface area contributed by atoms with Gasteiger partial charge in [-0.2, -0.15) is 0 Å². The molecule has 2 aliphatic rings. The lowest BCUT2D eigenvalue weighted by molar-refractivity contribution is 0.660. The third-order valence-corrected chi connectivity index (χ3v) is 10.3. The van der Waals surface area contributed by atoms with Crippen molar-refractivity contribution in [2.75, 3.05) is 5.32 Å². The number of hydrogen-bond donors (Lipinski definition) is 1. The van der Waals surface area contributed by atoms with Crippen LogP contribution in [-0.2, 0) is 10.8 Å². The van der Waals surface area contributed by atoms with Crippen LogP contribution in [0.3, 0.4) is 0 Å². The lowest BCUT2D eigenvalue weighted by Gasteiger charge is -2.34. The molecule has 0 aromatic heterocycles. The van der Waals surface area contributed by atoms with Crippen molar-refractivity contribution in [2.45, 2.75) is 24.7 Å². The Morgan fingerprint density at radius 3 is 1.73 bits per heavy atom. The second-order valence-electron chi connectivity index (χ2n) is 13.0. The fourth-order valence-electron chi connectivity index (χ4n) is 8.28. The van der Waals surface area contributed by atoms with Gasteiger partial charge in [0.05, 0.1) is 5.41 Å². The topological polar surface area (TPSA) is 12.0 Å². The summed E-state index contributed by atoms with van der Waals surface area (Å²) < 4.78 is 0. The van der Waals surface area contributed by atoms with E-state index in [-0.39, 0.29) is 5.41 Å². The van der Waals surface area contributed by atoms with Crippen LogP contribution in [0, 0.1) is 0 Å². The average molecular weight is 576 g/mol. The molecule has 0 spiro atoms. The Hall–Kier alpha value is -5.40. The minimum atomic E-state index is -0.448. The fraction of sp³-hybridized carbons (Fsp3) is 0.0909. The quantitative estimate of drug-likeness (QED) is 0.220. The molecule has 0 saturated carbocycles. The first-order valence-electron chi connectivity index (χ1n) is 15.9. The van der Waals surface area contributed by atoms with E-state index in [0.29, 0.717) is 0 Å². The highest BCUT2D eigenvalue weighted by molar-refractivity contribution is 6.04. The van der Waals surface area contributed by atoms with Crippen LogP contribution in [0.25, 0.3) is 33.0 Å². The summed E-state index contributed by atoms with van der Waals surface area (Å²) >= 11 is 0. The molecule has 0 atom stereocenters. The smallest absolute Gasteiger partial charge is 0.0714 e. The van der Waals surface area contributed by atoms with Crippen molar-refractivity contribution in [3.8, 4) is 22.3 Å². The Morgan fingerprint density at radius 1 is 0.422 bits per heavy atom. The molecule has 2 aliphatic carbocycles. The van der Waals surface area contributed by atoms with Crippen molar-refractivity contribution < 1.29 is 0 Å². The Kier molecular flexibility index (Phi) is 5.53. The van der Waals surface area contributed by atoms with E-state index < -0.39 is 5.41 Å². The molecule has 1 heteroatoms. The summed E-state index contributed by atoms with van der Waals surface area (Å²) in [6.45, 7) is 4.68. The maximum absolute atomic E-state index is 3.83. The molecule has 0 radical (unpaired) electrons. The van der Waals surface area contributed by atoms with Crippen LogP contribution in [-0.4, -0.2) is 0 Å². The molecule has 214 valence electrons. The third-order valence-electron chi connectivity index (χ3n) is 10.3. The Balaban J connectivity index is 1.26. The van der Waals surface area contributed by atoms with Crippen LogP contribution in [0.5, 0.6) is 0 Å². The highest BCUT2D eigenvalue weighted by atomic mass is 14.9. The summed E-state index contributed by atoms with van der Waals surface area (Å²) in [6.07, 6.45) is 0. The second kappa shape index (κ2) is 9.55. The summed E-state index contributed by atoms with van der Waals surface area (Å²) in [5.74, 6) is 0. The van der Waals surface area contributed by atoms with Gasteiger partial charge in [-0.25, -0.2) is 0 Å². The lowest BCUT2D eigenvalue weighted by Crippen LogP contribution is -2.28. The molecule has 45 heavy (non-hydrogen) atoms. The molecule has 0 fully saturated rings. The predicted molar refractivity (Wildman–Crippen MR) is 189 cm³/mol. The van der Waals surface area contributed by atoms with Gasteiger partial charge in [0.25, 0.3) is 0 Å². The van der Waals surface area contributed by atoms with E-state index in [1.165, 1.54) is 66.4 Å². The maximum atomic E-state index is 3.83. The summed E-state index contributed by atoms with van der Waals surface area (Å²) in [4.78, 5) is 0. The molecule has 9 rings (SSSR count). The Morgan fingerprint density at radius 2 is 1.00 bits per heavy atom. The lowest BCUT2D eigenvalue weighted by atomic mass is 9.67. The molecule has 7 aromatic carbocycles. The molecular weight excluding hydrogens is 542 g/mol. The minimum Gasteiger partial charge on any atom is -0.356 e. The van der Waals surface area contributed by atoms with Gasteiger partial charge in [-0.15, -0.1) is 0 Å². The largest absolute Gasteiger partial charge is 0.356 e. The third kappa shape index (κ3) is 3.61. The van der Waals surface area contributed by atoms with Crippen LogP contribution in [0.4, 0.5) is 11.4 Å². The number of nitrogens with one attached hydrogen (secondary N) is 1. The van der Waals surface area contributed by atoms with E-state index in [1.54, 1.807) is 0 Å². The highest BCUT2D eigenvalue weighted by Crippen LogP contribution is 2.58. The first-order valence-corrected chi connectivity index (χ1v) is 15.9. The molecule has 1 nitrogen and oxygen atoms in total. The normalized spacial score (nSPS) is 14.8. The van der Waals surface area contributed by atoms with Crippen molar-refractivity contribution >= 4 is 22.1 Å². The van der Waals surface area contributed by atoms with Crippen molar-refractivity contribution in [1.29, 1.82) is 0 Å². The van der Waals surface area contributed by atoms with Gasteiger partial charge in [0.1, 0.15) is 0 Å². The van der Waals surface area contributed by atoms with Gasteiger partial charge >= 0.3 is 0 Å². The SMILES string of the molecule is CC1(C)c2ccccc2-c2ccc(Nc3ccc4c(c3)C(c3ccccc3)(c3ccccc3)c3ccc5ccccc5c3-4)cc21. The van der Waals surface area contributed by atoms with E-state index in [4.69, 9.17) is 0 Å². The van der Waals surface area contributed by atoms with Gasteiger partial charge < -0.3 is 5.32 Å². The molecule has 7 aromatic rings. The second-order valence-corrected chi connectivity index (χ2v) is 13.0. The van der Waals surface area contributed by atoms with Crippen molar-refractivity contribution in [2.24, 2.45) is 0 Å². The van der Waals surface area contributed by atoms with Crippen LogP contribution >= 0.6 is 0 Å². The van der Waals surface area contributed by atoms with Gasteiger partial charge in [0, 0.05) is 16.8 Å². The molecule has 0 saturated heterocycles. The highest BCUT2D eigenvalue weighted by Gasteiger charge is 2.46. The Labute approximate surface area is 264 Å². The minimum absolute atomic E-state index is 0.0416. The summed E-state index contributed by atoms with van der Waals surface area (Å²) in [6, 6.07) is 58.3. The standard InChI is InChI=1S/C44H33N/c1-43(2)38-20-12-11-19-35(38)36-24-22-32(27-40(36)43)45-33-23-25-37-41(28-33)44(30-14-5-3-6-15-30,31-16-7-4-8-17-31)39-26-21-29-13-9-10-18-34(29)42(37)39/h3-28,45H,1-2H3. The molecule has 0 amide bonds. The summed E-state index contributed by atoms with van der Waals surface area (Å²) in [7, 11) is 0. The van der Waals surface area contributed by atoms with Gasteiger partial charge in [-0.1, -0.05) is 147 Å². The Bertz CT molecular complexity index is 2220. The molecule has 0 bridgehead atoms. The van der Waals surface area contributed by atoms with E-state index >= 15 is 0 Å². The molecule has 1 N–H and O–H groups in total. The number of anilines is 2. The monoisotopic (exact) mass is 575 g/mol. The summed E-state index contributed by atoms with van der Waals surface area (Å²) in [5, 5.41) is 6.40. The fourth-order valence-corrected chi connectivity index (χ4v) is 8.28. The zero-order valence-corrected chi connectivity index (χ0v) is 25.5. The number of hydrogen-bond acceptors (Lipinski definition) is 1. The van der Waals surface area contributed by atoms with Crippen LogP contribution in [0.1, 0.15) is 47.2 Å². The molecular formula is C44H33N. The first kappa shape index (κ1) is 26.0. The van der Waals surface area contributed by atoms with E-state index in [0.717, 1.165) is 11.4 Å². The number of benzene rings is 7.